The lowest BCUT2D eigenvalue weighted by atomic mass is 10.0. The summed E-state index contributed by atoms with van der Waals surface area (Å²) in [5.74, 6) is 0.214. The molecular formula is C22H20ClN3O2S. The highest BCUT2D eigenvalue weighted by atomic mass is 35.5. The number of benzene rings is 2. The molecular weight excluding hydrogens is 406 g/mol. The summed E-state index contributed by atoms with van der Waals surface area (Å²) in [6, 6.07) is 18.2. The number of rotatable bonds is 6. The van der Waals surface area contributed by atoms with Crippen LogP contribution in [0.1, 0.15) is 27.8 Å². The normalized spacial score (nSPS) is 11.1. The van der Waals surface area contributed by atoms with E-state index in [4.69, 9.17) is 16.9 Å². The van der Waals surface area contributed by atoms with Crippen LogP contribution >= 0.6 is 11.6 Å². The first kappa shape index (κ1) is 20.8. The molecule has 0 saturated carbocycles. The van der Waals surface area contributed by atoms with Gasteiger partial charge < -0.3 is 0 Å². The predicted molar refractivity (Wildman–Crippen MR) is 115 cm³/mol. The van der Waals surface area contributed by atoms with Crippen molar-refractivity contribution in [2.45, 2.75) is 19.1 Å². The molecule has 0 unspecified atom stereocenters. The highest BCUT2D eigenvalue weighted by Crippen LogP contribution is 2.25. The lowest BCUT2D eigenvalue weighted by Gasteiger charge is -2.21. The summed E-state index contributed by atoms with van der Waals surface area (Å²) in [5, 5.41) is 9.48. The molecule has 1 aromatic heterocycles. The van der Waals surface area contributed by atoms with E-state index in [1.54, 1.807) is 36.5 Å². The standard InChI is InChI=1S/C22H20ClN3O2S/c1-16-5-6-19(13-21(16)23)15-29(27,28)26(2)22-20(4-3-11-25-22)12-17-7-9-18(14-24)10-8-17/h3-11,13H,12,15H2,1-2H3. The fourth-order valence-corrected chi connectivity index (χ4v) is 4.36. The van der Waals surface area contributed by atoms with Crippen LogP contribution in [0.5, 0.6) is 0 Å². The topological polar surface area (TPSA) is 74.1 Å². The fraction of sp³-hybridized carbons (Fsp3) is 0.182. The lowest BCUT2D eigenvalue weighted by molar-refractivity contribution is 0.593. The van der Waals surface area contributed by atoms with E-state index in [1.807, 2.05) is 31.2 Å². The Labute approximate surface area is 176 Å². The third kappa shape index (κ3) is 4.94. The average molecular weight is 426 g/mol. The van der Waals surface area contributed by atoms with Gasteiger partial charge in [0.1, 0.15) is 5.82 Å². The molecule has 0 spiro atoms. The Hall–Kier alpha value is -2.88. The van der Waals surface area contributed by atoms with Gasteiger partial charge in [0.25, 0.3) is 0 Å². The molecule has 0 amide bonds. The number of halogens is 1. The second kappa shape index (κ2) is 8.64. The van der Waals surface area contributed by atoms with Crippen molar-refractivity contribution in [3.05, 3.63) is 93.6 Å². The number of anilines is 1. The second-order valence-corrected chi connectivity index (χ2v) is 9.19. The summed E-state index contributed by atoms with van der Waals surface area (Å²) in [6.45, 7) is 1.87. The zero-order valence-corrected chi connectivity index (χ0v) is 17.7. The predicted octanol–water partition coefficient (Wildman–Crippen LogP) is 4.47. The first-order valence-corrected chi connectivity index (χ1v) is 10.9. The van der Waals surface area contributed by atoms with E-state index < -0.39 is 10.0 Å². The molecule has 29 heavy (non-hydrogen) atoms. The number of hydrogen-bond donors (Lipinski definition) is 0. The molecule has 2 aromatic carbocycles. The number of nitriles is 1. The Morgan fingerprint density at radius 3 is 2.45 bits per heavy atom. The third-order valence-electron chi connectivity index (χ3n) is 4.65. The van der Waals surface area contributed by atoms with Crippen LogP contribution in [0.4, 0.5) is 5.82 Å². The van der Waals surface area contributed by atoms with Crippen molar-refractivity contribution in [1.82, 2.24) is 4.98 Å². The number of pyridine rings is 1. The van der Waals surface area contributed by atoms with Crippen molar-refractivity contribution in [3.8, 4) is 6.07 Å². The molecule has 3 aromatic rings. The Morgan fingerprint density at radius 1 is 1.10 bits per heavy atom. The van der Waals surface area contributed by atoms with Crippen molar-refractivity contribution in [2.24, 2.45) is 0 Å². The zero-order valence-electron chi connectivity index (χ0n) is 16.1. The molecule has 5 nitrogen and oxygen atoms in total. The molecule has 0 saturated heterocycles. The van der Waals surface area contributed by atoms with E-state index in [0.29, 0.717) is 28.4 Å². The van der Waals surface area contributed by atoms with E-state index in [-0.39, 0.29) is 5.75 Å². The van der Waals surface area contributed by atoms with Gasteiger partial charge >= 0.3 is 0 Å². The molecule has 7 heteroatoms. The van der Waals surface area contributed by atoms with Crippen molar-refractivity contribution >= 4 is 27.4 Å². The van der Waals surface area contributed by atoms with Gasteiger partial charge in [-0.15, -0.1) is 0 Å². The van der Waals surface area contributed by atoms with Crippen LogP contribution in [0.3, 0.4) is 0 Å². The van der Waals surface area contributed by atoms with Crippen LogP contribution in [0.25, 0.3) is 0 Å². The molecule has 0 fully saturated rings. The van der Waals surface area contributed by atoms with Crippen LogP contribution in [0.15, 0.2) is 60.8 Å². The summed E-state index contributed by atoms with van der Waals surface area (Å²) in [7, 11) is -2.14. The van der Waals surface area contributed by atoms with Gasteiger partial charge in [0, 0.05) is 30.3 Å². The lowest BCUT2D eigenvalue weighted by Crippen LogP contribution is -2.29. The smallest absolute Gasteiger partial charge is 0.240 e. The van der Waals surface area contributed by atoms with Gasteiger partial charge in [0.15, 0.2) is 0 Å². The summed E-state index contributed by atoms with van der Waals surface area (Å²) < 4.78 is 27.2. The highest BCUT2D eigenvalue weighted by molar-refractivity contribution is 7.92. The van der Waals surface area contributed by atoms with E-state index in [1.165, 1.54) is 11.4 Å². The van der Waals surface area contributed by atoms with Crippen molar-refractivity contribution in [2.75, 3.05) is 11.4 Å². The minimum atomic E-state index is -3.65. The SMILES string of the molecule is Cc1ccc(CS(=O)(=O)N(C)c2ncccc2Cc2ccc(C#N)cc2)cc1Cl. The van der Waals surface area contributed by atoms with E-state index in [0.717, 1.165) is 16.7 Å². The van der Waals surface area contributed by atoms with Crippen molar-refractivity contribution in [3.63, 3.8) is 0 Å². The minimum absolute atomic E-state index is 0.170. The van der Waals surface area contributed by atoms with Gasteiger partial charge in [-0.2, -0.15) is 5.26 Å². The van der Waals surface area contributed by atoms with Crippen LogP contribution in [0, 0.1) is 18.3 Å². The molecule has 3 rings (SSSR count). The van der Waals surface area contributed by atoms with Gasteiger partial charge in [-0.05, 0) is 47.9 Å². The first-order valence-electron chi connectivity index (χ1n) is 8.95. The number of aryl methyl sites for hydroxylation is 1. The molecule has 1 heterocycles. The number of sulfonamides is 1. The summed E-state index contributed by atoms with van der Waals surface area (Å²) in [6.07, 6.45) is 2.08. The quantitative estimate of drug-likeness (QED) is 0.583. The van der Waals surface area contributed by atoms with Crippen LogP contribution in [-0.2, 0) is 22.2 Å². The molecule has 0 N–H and O–H groups in total. The molecule has 148 valence electrons. The van der Waals surface area contributed by atoms with Gasteiger partial charge in [-0.1, -0.05) is 41.9 Å². The Bertz CT molecular complexity index is 1170. The highest BCUT2D eigenvalue weighted by Gasteiger charge is 2.23. The maximum absolute atomic E-state index is 13.0. The zero-order chi connectivity index (χ0) is 21.0. The Morgan fingerprint density at radius 2 is 1.79 bits per heavy atom. The number of hydrogen-bond acceptors (Lipinski definition) is 4. The van der Waals surface area contributed by atoms with E-state index in [2.05, 4.69) is 11.1 Å². The molecule has 0 atom stereocenters. The van der Waals surface area contributed by atoms with Gasteiger partial charge in [0.2, 0.25) is 10.0 Å². The maximum atomic E-state index is 13.0. The van der Waals surface area contributed by atoms with Crippen LogP contribution in [0.2, 0.25) is 5.02 Å². The average Bonchev–Trinajstić information content (AvgIpc) is 2.71. The van der Waals surface area contributed by atoms with Gasteiger partial charge in [0.05, 0.1) is 17.4 Å². The van der Waals surface area contributed by atoms with Crippen molar-refractivity contribution in [1.29, 1.82) is 5.26 Å². The van der Waals surface area contributed by atoms with E-state index in [9.17, 15) is 8.42 Å². The molecule has 0 radical (unpaired) electrons. The molecule has 0 aliphatic carbocycles. The van der Waals surface area contributed by atoms with Crippen molar-refractivity contribution < 1.29 is 8.42 Å². The summed E-state index contributed by atoms with van der Waals surface area (Å²) in [4.78, 5) is 4.32. The number of nitrogens with zero attached hydrogens (tertiary/aromatic N) is 3. The Balaban J connectivity index is 1.87. The van der Waals surface area contributed by atoms with E-state index >= 15 is 0 Å². The van der Waals surface area contributed by atoms with Crippen LogP contribution in [-0.4, -0.2) is 20.4 Å². The summed E-state index contributed by atoms with van der Waals surface area (Å²) in [5.41, 5.74) is 3.85. The first-order chi connectivity index (χ1) is 13.8. The fourth-order valence-electron chi connectivity index (χ4n) is 2.93. The monoisotopic (exact) mass is 425 g/mol. The number of aromatic nitrogens is 1. The minimum Gasteiger partial charge on any atom is -0.256 e. The Kier molecular flexibility index (Phi) is 6.21. The van der Waals surface area contributed by atoms with Gasteiger partial charge in [-0.3, -0.25) is 4.31 Å². The third-order valence-corrected chi connectivity index (χ3v) is 6.76. The summed E-state index contributed by atoms with van der Waals surface area (Å²) >= 11 is 6.14. The van der Waals surface area contributed by atoms with Gasteiger partial charge in [-0.25, -0.2) is 13.4 Å². The molecule has 0 bridgehead atoms. The maximum Gasteiger partial charge on any atom is 0.240 e. The molecule has 0 aliphatic rings. The van der Waals surface area contributed by atoms with Crippen LogP contribution < -0.4 is 4.31 Å². The largest absolute Gasteiger partial charge is 0.256 e. The molecule has 0 aliphatic heterocycles. The second-order valence-electron chi connectivity index (χ2n) is 6.78.